The molecule has 1 aliphatic rings. The molecule has 0 radical (unpaired) electrons. The van der Waals surface area contributed by atoms with Crippen molar-refractivity contribution in [2.24, 2.45) is 5.73 Å². The molecule has 1 fully saturated rings. The fourth-order valence-corrected chi connectivity index (χ4v) is 1.49. The van der Waals surface area contributed by atoms with Gasteiger partial charge in [-0.2, -0.15) is 0 Å². The molecule has 1 rings (SSSR count). The largest absolute Gasteiger partial charge is 0.375 e. The summed E-state index contributed by atoms with van der Waals surface area (Å²) in [5.41, 5.74) is 5.53. The first kappa shape index (κ1) is 11.3. The van der Waals surface area contributed by atoms with Crippen LogP contribution in [0.25, 0.3) is 0 Å². The normalized spacial score (nSPS) is 23.0. The third-order valence-corrected chi connectivity index (χ3v) is 2.23. The number of urea groups is 1. The number of carbonyl (C=O) groups is 1. The Balaban J connectivity index is 2.45. The van der Waals surface area contributed by atoms with E-state index in [9.17, 15) is 4.79 Å². The SMILES string of the molecule is CCNC(=O)N1CCCOC(CN)C1. The molecule has 1 unspecified atom stereocenters. The molecule has 0 spiro atoms. The van der Waals surface area contributed by atoms with Gasteiger partial charge in [-0.1, -0.05) is 0 Å². The van der Waals surface area contributed by atoms with Crippen molar-refractivity contribution in [3.63, 3.8) is 0 Å². The highest BCUT2D eigenvalue weighted by atomic mass is 16.5. The van der Waals surface area contributed by atoms with Gasteiger partial charge in [0.25, 0.3) is 0 Å². The lowest BCUT2D eigenvalue weighted by Crippen LogP contribution is -2.44. The van der Waals surface area contributed by atoms with Crippen molar-refractivity contribution in [2.75, 3.05) is 32.8 Å². The van der Waals surface area contributed by atoms with E-state index in [1.807, 2.05) is 6.92 Å². The molecule has 0 bridgehead atoms. The summed E-state index contributed by atoms with van der Waals surface area (Å²) in [6.07, 6.45) is 0.869. The van der Waals surface area contributed by atoms with E-state index in [4.69, 9.17) is 10.5 Å². The van der Waals surface area contributed by atoms with Gasteiger partial charge in [-0.25, -0.2) is 4.79 Å². The maximum atomic E-state index is 11.5. The molecule has 2 amide bonds. The average molecular weight is 201 g/mol. The molecule has 1 heterocycles. The Kier molecular flexibility index (Phi) is 4.69. The summed E-state index contributed by atoms with van der Waals surface area (Å²) in [4.78, 5) is 13.3. The molecule has 0 saturated carbocycles. The summed E-state index contributed by atoms with van der Waals surface area (Å²) in [6, 6.07) is -0.0172. The third kappa shape index (κ3) is 3.16. The van der Waals surface area contributed by atoms with E-state index in [0.29, 0.717) is 26.2 Å². The van der Waals surface area contributed by atoms with Crippen molar-refractivity contribution in [1.82, 2.24) is 10.2 Å². The van der Waals surface area contributed by atoms with Crippen LogP contribution in [-0.4, -0.2) is 49.8 Å². The highest BCUT2D eigenvalue weighted by molar-refractivity contribution is 5.74. The van der Waals surface area contributed by atoms with Crippen LogP contribution < -0.4 is 11.1 Å². The topological polar surface area (TPSA) is 67.6 Å². The second-order valence-electron chi connectivity index (χ2n) is 3.36. The van der Waals surface area contributed by atoms with Crippen molar-refractivity contribution in [3.8, 4) is 0 Å². The second-order valence-corrected chi connectivity index (χ2v) is 3.36. The number of nitrogens with two attached hydrogens (primary N) is 1. The van der Waals surface area contributed by atoms with Gasteiger partial charge in [0.1, 0.15) is 0 Å². The maximum Gasteiger partial charge on any atom is 0.317 e. The molecule has 1 aliphatic heterocycles. The monoisotopic (exact) mass is 201 g/mol. The van der Waals surface area contributed by atoms with E-state index in [0.717, 1.165) is 13.0 Å². The minimum absolute atomic E-state index is 0.0138. The molecule has 0 aromatic rings. The van der Waals surface area contributed by atoms with Gasteiger partial charge >= 0.3 is 6.03 Å². The Morgan fingerprint density at radius 1 is 1.71 bits per heavy atom. The van der Waals surface area contributed by atoms with Crippen LogP contribution in [0.5, 0.6) is 0 Å². The molecule has 5 nitrogen and oxygen atoms in total. The fraction of sp³-hybridized carbons (Fsp3) is 0.889. The number of hydrogen-bond acceptors (Lipinski definition) is 3. The highest BCUT2D eigenvalue weighted by Gasteiger charge is 2.20. The summed E-state index contributed by atoms with van der Waals surface area (Å²) >= 11 is 0. The van der Waals surface area contributed by atoms with Crippen molar-refractivity contribution in [2.45, 2.75) is 19.4 Å². The second kappa shape index (κ2) is 5.82. The lowest BCUT2D eigenvalue weighted by atomic mass is 10.3. The molecule has 5 heteroatoms. The summed E-state index contributed by atoms with van der Waals surface area (Å²) in [5, 5.41) is 2.78. The first-order chi connectivity index (χ1) is 6.77. The number of hydrogen-bond donors (Lipinski definition) is 2. The molecule has 1 atom stereocenters. The number of amides is 2. The average Bonchev–Trinajstić information content (AvgIpc) is 2.43. The Morgan fingerprint density at radius 2 is 2.50 bits per heavy atom. The Morgan fingerprint density at radius 3 is 3.14 bits per heavy atom. The Bertz CT molecular complexity index is 187. The molecule has 0 aromatic carbocycles. The van der Waals surface area contributed by atoms with E-state index < -0.39 is 0 Å². The molecule has 0 aromatic heterocycles. The molecular formula is C9H19N3O2. The van der Waals surface area contributed by atoms with E-state index in [2.05, 4.69) is 5.32 Å². The molecule has 1 saturated heterocycles. The number of nitrogens with zero attached hydrogens (tertiary/aromatic N) is 1. The van der Waals surface area contributed by atoms with Crippen LogP contribution in [-0.2, 0) is 4.74 Å². The van der Waals surface area contributed by atoms with Gasteiger partial charge in [-0.05, 0) is 13.3 Å². The number of carbonyl (C=O) groups excluding carboxylic acids is 1. The van der Waals surface area contributed by atoms with Crippen LogP contribution >= 0.6 is 0 Å². The maximum absolute atomic E-state index is 11.5. The van der Waals surface area contributed by atoms with Gasteiger partial charge in [0, 0.05) is 32.8 Å². The lowest BCUT2D eigenvalue weighted by Gasteiger charge is -2.23. The van der Waals surface area contributed by atoms with Crippen molar-refractivity contribution in [1.29, 1.82) is 0 Å². The smallest absolute Gasteiger partial charge is 0.317 e. The van der Waals surface area contributed by atoms with Gasteiger partial charge in [0.15, 0.2) is 0 Å². The summed E-state index contributed by atoms with van der Waals surface area (Å²) in [6.45, 7) is 5.08. The van der Waals surface area contributed by atoms with Crippen LogP contribution in [0.3, 0.4) is 0 Å². The van der Waals surface area contributed by atoms with Crippen molar-refractivity contribution in [3.05, 3.63) is 0 Å². The lowest BCUT2D eigenvalue weighted by molar-refractivity contribution is 0.0640. The van der Waals surface area contributed by atoms with Crippen LogP contribution in [0.4, 0.5) is 4.79 Å². The molecule has 0 aliphatic carbocycles. The van der Waals surface area contributed by atoms with Gasteiger partial charge < -0.3 is 20.7 Å². The van der Waals surface area contributed by atoms with Crippen LogP contribution in [0.1, 0.15) is 13.3 Å². The van der Waals surface area contributed by atoms with E-state index >= 15 is 0 Å². The minimum Gasteiger partial charge on any atom is -0.375 e. The summed E-state index contributed by atoms with van der Waals surface area (Å²) < 4.78 is 5.46. The zero-order chi connectivity index (χ0) is 10.4. The molecule has 3 N–H and O–H groups in total. The van der Waals surface area contributed by atoms with Crippen molar-refractivity contribution >= 4 is 6.03 Å². The van der Waals surface area contributed by atoms with Gasteiger partial charge in [-0.3, -0.25) is 0 Å². The van der Waals surface area contributed by atoms with Gasteiger partial charge in [0.2, 0.25) is 0 Å². The van der Waals surface area contributed by atoms with Gasteiger partial charge in [-0.15, -0.1) is 0 Å². The number of nitrogens with one attached hydrogen (secondary N) is 1. The first-order valence-corrected chi connectivity index (χ1v) is 5.12. The zero-order valence-corrected chi connectivity index (χ0v) is 8.66. The predicted molar refractivity (Wildman–Crippen MR) is 54.1 cm³/mol. The van der Waals surface area contributed by atoms with E-state index in [1.165, 1.54) is 0 Å². The standard InChI is InChI=1S/C9H19N3O2/c1-2-11-9(13)12-4-3-5-14-8(6-10)7-12/h8H,2-7,10H2,1H3,(H,11,13). The van der Waals surface area contributed by atoms with Crippen LogP contribution in [0, 0.1) is 0 Å². The number of ether oxygens (including phenoxy) is 1. The summed E-state index contributed by atoms with van der Waals surface area (Å²) in [5.74, 6) is 0. The van der Waals surface area contributed by atoms with Crippen molar-refractivity contribution < 1.29 is 9.53 Å². The highest BCUT2D eigenvalue weighted by Crippen LogP contribution is 2.04. The Labute approximate surface area is 84.6 Å². The Hall–Kier alpha value is -0.810. The third-order valence-electron chi connectivity index (χ3n) is 2.23. The fourth-order valence-electron chi connectivity index (χ4n) is 1.49. The van der Waals surface area contributed by atoms with E-state index in [-0.39, 0.29) is 12.1 Å². The van der Waals surface area contributed by atoms with Crippen LogP contribution in [0.2, 0.25) is 0 Å². The zero-order valence-electron chi connectivity index (χ0n) is 8.66. The van der Waals surface area contributed by atoms with Crippen LogP contribution in [0.15, 0.2) is 0 Å². The summed E-state index contributed by atoms with van der Waals surface area (Å²) in [7, 11) is 0. The molecule has 14 heavy (non-hydrogen) atoms. The molecular weight excluding hydrogens is 182 g/mol. The number of rotatable bonds is 2. The minimum atomic E-state index is -0.0172. The first-order valence-electron chi connectivity index (χ1n) is 5.12. The quantitative estimate of drug-likeness (QED) is 0.648. The van der Waals surface area contributed by atoms with E-state index in [1.54, 1.807) is 4.90 Å². The molecule has 82 valence electrons. The van der Waals surface area contributed by atoms with Gasteiger partial charge in [0.05, 0.1) is 6.10 Å². The predicted octanol–water partition coefficient (Wildman–Crippen LogP) is -0.234.